The molecular weight excluding hydrogens is 248 g/mol. The number of nitriles is 1. The molecule has 0 unspecified atom stereocenters. The molecule has 94 valence electrons. The summed E-state index contributed by atoms with van der Waals surface area (Å²) >= 11 is 0. The number of terminal acetylenes is 1. The van der Waals surface area contributed by atoms with Crippen molar-refractivity contribution in [1.82, 2.24) is 15.0 Å². The first kappa shape index (κ1) is 12.0. The first-order valence-corrected chi connectivity index (χ1v) is 6.05. The van der Waals surface area contributed by atoms with Gasteiger partial charge in [-0.05, 0) is 24.6 Å². The minimum atomic E-state index is 0.581. The van der Waals surface area contributed by atoms with Crippen LogP contribution in [-0.4, -0.2) is 15.0 Å². The minimum absolute atomic E-state index is 0.581. The van der Waals surface area contributed by atoms with Crippen molar-refractivity contribution in [3.05, 3.63) is 47.3 Å². The number of imidazole rings is 1. The molecule has 3 rings (SSSR count). The Balaban J connectivity index is 2.31. The monoisotopic (exact) mass is 258 g/mol. The third-order valence-electron chi connectivity index (χ3n) is 3.28. The van der Waals surface area contributed by atoms with Gasteiger partial charge in [0.2, 0.25) is 0 Å². The maximum atomic E-state index is 9.11. The molecule has 0 amide bonds. The van der Waals surface area contributed by atoms with Gasteiger partial charge in [0.15, 0.2) is 5.65 Å². The fourth-order valence-corrected chi connectivity index (χ4v) is 2.21. The predicted octanol–water partition coefficient (Wildman–Crippen LogP) is 2.79. The molecule has 0 saturated heterocycles. The van der Waals surface area contributed by atoms with Crippen molar-refractivity contribution >= 4 is 11.2 Å². The second-order valence-electron chi connectivity index (χ2n) is 4.39. The number of benzene rings is 1. The first-order chi connectivity index (χ1) is 9.74. The fraction of sp³-hybridized carbons (Fsp3) is 0.0625. The average molecular weight is 258 g/mol. The molecule has 0 saturated carbocycles. The van der Waals surface area contributed by atoms with E-state index in [4.69, 9.17) is 11.7 Å². The number of H-pyrrole nitrogens is 1. The van der Waals surface area contributed by atoms with Crippen LogP contribution in [-0.2, 0) is 0 Å². The van der Waals surface area contributed by atoms with Gasteiger partial charge in [-0.1, -0.05) is 18.1 Å². The number of aromatic amines is 1. The lowest BCUT2D eigenvalue weighted by Gasteiger charge is -2.07. The number of hydrogen-bond acceptors (Lipinski definition) is 3. The van der Waals surface area contributed by atoms with E-state index < -0.39 is 0 Å². The SMILES string of the molecule is C#Cc1cc(-c2cccc(C#N)c2C)nc2nc[nH]c12. The normalized spacial score (nSPS) is 10.2. The van der Waals surface area contributed by atoms with Gasteiger partial charge in [-0.15, -0.1) is 6.42 Å². The van der Waals surface area contributed by atoms with E-state index in [0.29, 0.717) is 16.8 Å². The van der Waals surface area contributed by atoms with E-state index in [-0.39, 0.29) is 0 Å². The van der Waals surface area contributed by atoms with Crippen molar-refractivity contribution in [1.29, 1.82) is 5.26 Å². The quantitative estimate of drug-likeness (QED) is 0.682. The van der Waals surface area contributed by atoms with Gasteiger partial charge in [0.25, 0.3) is 0 Å². The Morgan fingerprint density at radius 2 is 2.15 bits per heavy atom. The Morgan fingerprint density at radius 1 is 1.30 bits per heavy atom. The average Bonchev–Trinajstić information content (AvgIpc) is 2.94. The molecule has 4 heteroatoms. The molecule has 1 N–H and O–H groups in total. The van der Waals surface area contributed by atoms with Crippen LogP contribution < -0.4 is 0 Å². The fourth-order valence-electron chi connectivity index (χ4n) is 2.21. The predicted molar refractivity (Wildman–Crippen MR) is 76.7 cm³/mol. The Labute approximate surface area is 116 Å². The summed E-state index contributed by atoms with van der Waals surface area (Å²) in [6.45, 7) is 1.90. The zero-order chi connectivity index (χ0) is 14.1. The number of nitrogens with zero attached hydrogens (tertiary/aromatic N) is 3. The molecule has 1 aromatic carbocycles. The lowest BCUT2D eigenvalue weighted by Crippen LogP contribution is -1.93. The minimum Gasteiger partial charge on any atom is -0.342 e. The summed E-state index contributed by atoms with van der Waals surface area (Å²) in [5.74, 6) is 2.64. The second-order valence-corrected chi connectivity index (χ2v) is 4.39. The van der Waals surface area contributed by atoms with Crippen molar-refractivity contribution in [3.63, 3.8) is 0 Å². The molecule has 0 radical (unpaired) electrons. The summed E-state index contributed by atoms with van der Waals surface area (Å²) < 4.78 is 0. The number of fused-ring (bicyclic) bond motifs is 1. The summed E-state index contributed by atoms with van der Waals surface area (Å²) in [5.41, 5.74) is 5.19. The van der Waals surface area contributed by atoms with Crippen LogP contribution in [0.1, 0.15) is 16.7 Å². The van der Waals surface area contributed by atoms with Crippen molar-refractivity contribution in [2.24, 2.45) is 0 Å². The highest BCUT2D eigenvalue weighted by Crippen LogP contribution is 2.26. The van der Waals surface area contributed by atoms with E-state index in [1.54, 1.807) is 12.4 Å². The third-order valence-corrected chi connectivity index (χ3v) is 3.28. The van der Waals surface area contributed by atoms with Crippen LogP contribution in [0.25, 0.3) is 22.4 Å². The van der Waals surface area contributed by atoms with E-state index in [9.17, 15) is 0 Å². The number of rotatable bonds is 1. The van der Waals surface area contributed by atoms with Crippen LogP contribution in [0, 0.1) is 30.6 Å². The molecule has 3 aromatic rings. The summed E-state index contributed by atoms with van der Waals surface area (Å²) in [6, 6.07) is 9.57. The van der Waals surface area contributed by atoms with E-state index >= 15 is 0 Å². The summed E-state index contributed by atoms with van der Waals surface area (Å²) in [4.78, 5) is 11.6. The van der Waals surface area contributed by atoms with Gasteiger partial charge in [0.1, 0.15) is 5.52 Å². The maximum Gasteiger partial charge on any atom is 0.179 e. The zero-order valence-electron chi connectivity index (χ0n) is 10.8. The van der Waals surface area contributed by atoms with Crippen LogP contribution in [0.3, 0.4) is 0 Å². The Morgan fingerprint density at radius 3 is 2.90 bits per heavy atom. The molecule has 0 bridgehead atoms. The topological polar surface area (TPSA) is 65.4 Å². The Hall–Kier alpha value is -3.11. The van der Waals surface area contributed by atoms with Gasteiger partial charge >= 0.3 is 0 Å². The first-order valence-electron chi connectivity index (χ1n) is 6.05. The van der Waals surface area contributed by atoms with Gasteiger partial charge in [-0.2, -0.15) is 5.26 Å². The van der Waals surface area contributed by atoms with Crippen LogP contribution in [0.15, 0.2) is 30.6 Å². The summed E-state index contributed by atoms with van der Waals surface area (Å²) in [5, 5.41) is 9.11. The summed E-state index contributed by atoms with van der Waals surface area (Å²) in [6.07, 6.45) is 7.11. The Kier molecular flexibility index (Phi) is 2.71. The van der Waals surface area contributed by atoms with Crippen LogP contribution in [0.2, 0.25) is 0 Å². The number of nitrogens with one attached hydrogen (secondary N) is 1. The number of aromatic nitrogens is 3. The molecule has 2 aromatic heterocycles. The van der Waals surface area contributed by atoms with E-state index in [1.165, 1.54) is 0 Å². The van der Waals surface area contributed by atoms with Crippen molar-refractivity contribution in [2.45, 2.75) is 6.92 Å². The van der Waals surface area contributed by atoms with Gasteiger partial charge in [0.05, 0.1) is 29.2 Å². The molecule has 0 aliphatic rings. The second kappa shape index (κ2) is 4.53. The molecule has 2 heterocycles. The van der Waals surface area contributed by atoms with Crippen molar-refractivity contribution in [3.8, 4) is 29.7 Å². The molecule has 0 aliphatic carbocycles. The van der Waals surface area contributed by atoms with E-state index in [1.807, 2.05) is 25.1 Å². The molecule has 0 fully saturated rings. The van der Waals surface area contributed by atoms with Crippen molar-refractivity contribution < 1.29 is 0 Å². The maximum absolute atomic E-state index is 9.11. The van der Waals surface area contributed by atoms with Crippen LogP contribution >= 0.6 is 0 Å². The number of hydrogen-bond donors (Lipinski definition) is 1. The van der Waals surface area contributed by atoms with Gasteiger partial charge in [-0.3, -0.25) is 0 Å². The van der Waals surface area contributed by atoms with E-state index in [0.717, 1.165) is 22.3 Å². The van der Waals surface area contributed by atoms with Gasteiger partial charge in [0, 0.05) is 5.56 Å². The smallest absolute Gasteiger partial charge is 0.179 e. The lowest BCUT2D eigenvalue weighted by molar-refractivity contribution is 1.29. The Bertz CT molecular complexity index is 891. The lowest BCUT2D eigenvalue weighted by atomic mass is 9.99. The molecule has 0 aliphatic heterocycles. The van der Waals surface area contributed by atoms with Gasteiger partial charge < -0.3 is 4.98 Å². The largest absolute Gasteiger partial charge is 0.342 e. The molecule has 20 heavy (non-hydrogen) atoms. The highest BCUT2D eigenvalue weighted by atomic mass is 15.0. The zero-order valence-corrected chi connectivity index (χ0v) is 10.8. The standard InChI is InChI=1S/C16H10N4/c1-3-11-7-14(20-16-15(11)18-9-19-16)13-6-4-5-12(8-17)10(13)2/h1,4-7,9H,2H3,(H,18,19,20). The highest BCUT2D eigenvalue weighted by Gasteiger charge is 2.11. The van der Waals surface area contributed by atoms with E-state index in [2.05, 4.69) is 26.9 Å². The molecule has 4 nitrogen and oxygen atoms in total. The third kappa shape index (κ3) is 1.72. The van der Waals surface area contributed by atoms with Crippen LogP contribution in [0.5, 0.6) is 0 Å². The molecule has 0 atom stereocenters. The van der Waals surface area contributed by atoms with Crippen LogP contribution in [0.4, 0.5) is 0 Å². The molecule has 0 spiro atoms. The number of pyridine rings is 1. The highest BCUT2D eigenvalue weighted by molar-refractivity contribution is 5.82. The summed E-state index contributed by atoms with van der Waals surface area (Å²) in [7, 11) is 0. The molecular formula is C16H10N4. The van der Waals surface area contributed by atoms with Gasteiger partial charge in [-0.25, -0.2) is 9.97 Å². The van der Waals surface area contributed by atoms with Crippen molar-refractivity contribution in [2.75, 3.05) is 0 Å².